The number of nitrogens with zero attached hydrogens (tertiary/aromatic N) is 1. The van der Waals surface area contributed by atoms with Gasteiger partial charge in [-0.05, 0) is 84.0 Å². The third kappa shape index (κ3) is 5.70. The number of hydrogen-bond acceptors (Lipinski definition) is 3. The van der Waals surface area contributed by atoms with Gasteiger partial charge in [-0.15, -0.1) is 0 Å². The van der Waals surface area contributed by atoms with Crippen LogP contribution in [0.3, 0.4) is 0 Å². The molecule has 6 heteroatoms. The van der Waals surface area contributed by atoms with Gasteiger partial charge < -0.3 is 15.0 Å². The minimum atomic E-state index is -0.239. The van der Waals surface area contributed by atoms with Crippen molar-refractivity contribution in [2.24, 2.45) is 0 Å². The molecule has 0 heterocycles. The number of benzene rings is 2. The lowest BCUT2D eigenvalue weighted by atomic mass is 9.94. The number of ether oxygens (including phenoxy) is 1. The highest BCUT2D eigenvalue weighted by molar-refractivity contribution is 14.1. The van der Waals surface area contributed by atoms with Crippen molar-refractivity contribution in [2.75, 3.05) is 19.0 Å². The van der Waals surface area contributed by atoms with Crippen LogP contribution in [-0.2, 0) is 4.79 Å². The van der Waals surface area contributed by atoms with Crippen molar-refractivity contribution in [1.82, 2.24) is 4.90 Å². The van der Waals surface area contributed by atoms with Gasteiger partial charge in [0.15, 0.2) is 6.61 Å². The van der Waals surface area contributed by atoms with Crippen LogP contribution in [0.25, 0.3) is 0 Å². The summed E-state index contributed by atoms with van der Waals surface area (Å²) in [5, 5.41) is 2.79. The van der Waals surface area contributed by atoms with E-state index in [9.17, 15) is 9.59 Å². The average molecular weight is 492 g/mol. The summed E-state index contributed by atoms with van der Waals surface area (Å²) < 4.78 is 6.59. The Morgan fingerprint density at radius 3 is 2.32 bits per heavy atom. The zero-order valence-electron chi connectivity index (χ0n) is 16.0. The second kappa shape index (κ2) is 9.91. The van der Waals surface area contributed by atoms with Crippen molar-refractivity contribution in [3.63, 3.8) is 0 Å². The van der Waals surface area contributed by atoms with Gasteiger partial charge in [0.25, 0.3) is 11.8 Å². The first-order valence-corrected chi connectivity index (χ1v) is 10.7. The molecule has 2 aromatic carbocycles. The highest BCUT2D eigenvalue weighted by Gasteiger charge is 2.22. The Balaban J connectivity index is 1.51. The van der Waals surface area contributed by atoms with Crippen LogP contribution in [0.1, 0.15) is 42.5 Å². The molecular formula is C22H25IN2O3. The van der Waals surface area contributed by atoms with Crippen molar-refractivity contribution >= 4 is 40.1 Å². The normalized spacial score (nSPS) is 14.4. The number of nitrogens with one attached hydrogen (secondary N) is 1. The van der Waals surface area contributed by atoms with Crippen LogP contribution in [0.15, 0.2) is 48.5 Å². The Morgan fingerprint density at radius 2 is 1.68 bits per heavy atom. The van der Waals surface area contributed by atoms with Crippen molar-refractivity contribution in [1.29, 1.82) is 0 Å². The highest BCUT2D eigenvalue weighted by atomic mass is 127. The molecule has 1 N–H and O–H groups in total. The predicted molar refractivity (Wildman–Crippen MR) is 119 cm³/mol. The van der Waals surface area contributed by atoms with Crippen LogP contribution in [0.2, 0.25) is 0 Å². The van der Waals surface area contributed by atoms with Crippen molar-refractivity contribution in [3.8, 4) is 5.75 Å². The highest BCUT2D eigenvalue weighted by Crippen LogP contribution is 2.23. The predicted octanol–water partition coefficient (Wildman–Crippen LogP) is 4.71. The summed E-state index contributed by atoms with van der Waals surface area (Å²) in [5.41, 5.74) is 1.29. The van der Waals surface area contributed by atoms with E-state index in [-0.39, 0.29) is 18.4 Å². The molecule has 5 nitrogen and oxygen atoms in total. The van der Waals surface area contributed by atoms with Crippen molar-refractivity contribution in [3.05, 3.63) is 57.7 Å². The molecule has 0 bridgehead atoms. The van der Waals surface area contributed by atoms with Gasteiger partial charge in [-0.3, -0.25) is 9.59 Å². The Morgan fingerprint density at radius 1 is 1.04 bits per heavy atom. The molecule has 148 valence electrons. The largest absolute Gasteiger partial charge is 0.484 e. The Labute approximate surface area is 179 Å². The summed E-state index contributed by atoms with van der Waals surface area (Å²) >= 11 is 2.21. The maximum Gasteiger partial charge on any atom is 0.262 e. The molecule has 0 spiro atoms. The SMILES string of the molecule is CN(C(=O)c1ccc(NC(=O)COc2ccc(I)cc2)cc1)C1CCCCC1. The fourth-order valence-electron chi connectivity index (χ4n) is 3.41. The fraction of sp³-hybridized carbons (Fsp3) is 0.364. The molecule has 3 rings (SSSR count). The molecule has 0 aromatic heterocycles. The maximum absolute atomic E-state index is 12.7. The molecule has 0 saturated heterocycles. The molecule has 0 aliphatic heterocycles. The van der Waals surface area contributed by atoms with E-state index in [4.69, 9.17) is 4.74 Å². The number of anilines is 1. The molecule has 0 atom stereocenters. The molecule has 28 heavy (non-hydrogen) atoms. The second-order valence-corrected chi connectivity index (χ2v) is 8.32. The minimum Gasteiger partial charge on any atom is -0.484 e. The number of carbonyl (C=O) groups excluding carboxylic acids is 2. The molecule has 1 aliphatic carbocycles. The number of amides is 2. The summed E-state index contributed by atoms with van der Waals surface area (Å²) in [6.45, 7) is -0.0638. The van der Waals surface area contributed by atoms with E-state index < -0.39 is 0 Å². The van der Waals surface area contributed by atoms with Gasteiger partial charge >= 0.3 is 0 Å². The molecule has 1 fully saturated rings. The summed E-state index contributed by atoms with van der Waals surface area (Å²) in [6, 6.07) is 14.9. The van der Waals surface area contributed by atoms with E-state index in [2.05, 4.69) is 27.9 Å². The summed E-state index contributed by atoms with van der Waals surface area (Å²) in [7, 11) is 1.88. The fourth-order valence-corrected chi connectivity index (χ4v) is 3.77. The van der Waals surface area contributed by atoms with Gasteiger partial charge in [-0.2, -0.15) is 0 Å². The summed E-state index contributed by atoms with van der Waals surface area (Å²) in [5.74, 6) is 0.450. The summed E-state index contributed by atoms with van der Waals surface area (Å²) in [6.07, 6.45) is 5.81. The van der Waals surface area contributed by atoms with Crippen molar-refractivity contribution in [2.45, 2.75) is 38.1 Å². The Kier molecular flexibility index (Phi) is 7.30. The van der Waals surface area contributed by atoms with Gasteiger partial charge in [-0.25, -0.2) is 0 Å². The molecular weight excluding hydrogens is 467 g/mol. The molecule has 0 radical (unpaired) electrons. The lowest BCUT2D eigenvalue weighted by molar-refractivity contribution is -0.118. The third-order valence-electron chi connectivity index (χ3n) is 5.04. The average Bonchev–Trinajstić information content (AvgIpc) is 2.73. The van der Waals surface area contributed by atoms with Gasteiger partial charge in [0.1, 0.15) is 5.75 Å². The Bertz CT molecular complexity index is 800. The van der Waals surface area contributed by atoms with Gasteiger partial charge in [0.05, 0.1) is 0 Å². The summed E-state index contributed by atoms with van der Waals surface area (Å²) in [4.78, 5) is 26.6. The monoisotopic (exact) mass is 492 g/mol. The van der Waals surface area contributed by atoms with Crippen LogP contribution in [0.5, 0.6) is 5.75 Å². The third-order valence-corrected chi connectivity index (χ3v) is 5.76. The van der Waals surface area contributed by atoms with Crippen LogP contribution in [-0.4, -0.2) is 36.4 Å². The molecule has 1 saturated carbocycles. The first-order valence-electron chi connectivity index (χ1n) is 9.58. The topological polar surface area (TPSA) is 58.6 Å². The number of halogens is 1. The van der Waals surface area contributed by atoms with Gasteiger partial charge in [0.2, 0.25) is 0 Å². The van der Waals surface area contributed by atoms with Gasteiger partial charge in [0, 0.05) is 27.9 Å². The van der Waals surface area contributed by atoms with Crippen molar-refractivity contribution < 1.29 is 14.3 Å². The zero-order valence-corrected chi connectivity index (χ0v) is 18.1. The van der Waals surface area contributed by atoms with Crippen LogP contribution < -0.4 is 10.1 Å². The smallest absolute Gasteiger partial charge is 0.262 e. The second-order valence-electron chi connectivity index (χ2n) is 7.08. The standard InChI is InChI=1S/C22H25IN2O3/c1-25(19-5-3-2-4-6-19)22(27)16-7-11-18(12-8-16)24-21(26)15-28-20-13-9-17(23)10-14-20/h7-14,19H,2-6,15H2,1H3,(H,24,26). The lowest BCUT2D eigenvalue weighted by Crippen LogP contribution is -2.38. The van der Waals surface area contributed by atoms with E-state index in [1.54, 1.807) is 24.3 Å². The first kappa shape index (κ1) is 20.6. The van der Waals surface area contributed by atoms with Crippen LogP contribution in [0.4, 0.5) is 5.69 Å². The van der Waals surface area contributed by atoms with E-state index in [1.165, 1.54) is 19.3 Å². The number of hydrogen-bond donors (Lipinski definition) is 1. The first-order chi connectivity index (χ1) is 13.5. The lowest BCUT2D eigenvalue weighted by Gasteiger charge is -2.31. The van der Waals surface area contributed by atoms with E-state index in [1.807, 2.05) is 36.2 Å². The van der Waals surface area contributed by atoms with E-state index in [0.717, 1.165) is 16.4 Å². The molecule has 0 unspecified atom stereocenters. The molecule has 1 aliphatic rings. The number of rotatable bonds is 6. The number of carbonyl (C=O) groups is 2. The van der Waals surface area contributed by atoms with Gasteiger partial charge in [-0.1, -0.05) is 19.3 Å². The maximum atomic E-state index is 12.7. The minimum absolute atomic E-state index is 0.0341. The zero-order chi connectivity index (χ0) is 19.9. The Hall–Kier alpha value is -2.09. The molecule has 2 aromatic rings. The molecule has 2 amide bonds. The van der Waals surface area contributed by atoms with E-state index in [0.29, 0.717) is 23.0 Å². The van der Waals surface area contributed by atoms with E-state index >= 15 is 0 Å². The quantitative estimate of drug-likeness (QED) is 0.595. The van der Waals surface area contributed by atoms with Crippen LogP contribution >= 0.6 is 22.6 Å². The van der Waals surface area contributed by atoms with Crippen LogP contribution in [0, 0.1) is 3.57 Å².